The molecule has 0 spiro atoms. The molecular weight excluding hydrogens is 244 g/mol. The quantitative estimate of drug-likeness (QED) is 0.787. The van der Waals surface area contributed by atoms with E-state index < -0.39 is 0 Å². The van der Waals surface area contributed by atoms with Crippen LogP contribution in [0.2, 0.25) is 0 Å². The first-order valence-corrected chi connectivity index (χ1v) is 8.79. The minimum absolute atomic E-state index is 0.464. The van der Waals surface area contributed by atoms with Crippen LogP contribution in [0, 0.1) is 10.8 Å². The number of rotatable bonds is 1. The van der Waals surface area contributed by atoms with Gasteiger partial charge in [0.2, 0.25) is 0 Å². The van der Waals surface area contributed by atoms with Gasteiger partial charge in [0, 0.05) is 24.2 Å². The number of hydrogen-bond acceptors (Lipinski definition) is 2. The van der Waals surface area contributed by atoms with Crippen LogP contribution in [0.4, 0.5) is 0 Å². The molecule has 116 valence electrons. The second-order valence-electron chi connectivity index (χ2n) is 9.48. The Bertz CT molecular complexity index is 330. The highest BCUT2D eigenvalue weighted by Crippen LogP contribution is 2.49. The van der Waals surface area contributed by atoms with E-state index in [2.05, 4.69) is 32.6 Å². The van der Waals surface area contributed by atoms with Gasteiger partial charge >= 0.3 is 0 Å². The Kier molecular flexibility index (Phi) is 3.70. The number of fused-ring (bicyclic) bond motifs is 2. The van der Waals surface area contributed by atoms with E-state index >= 15 is 0 Å². The van der Waals surface area contributed by atoms with E-state index in [9.17, 15) is 0 Å². The monoisotopic (exact) mass is 278 g/mol. The molecule has 0 aromatic rings. The van der Waals surface area contributed by atoms with Gasteiger partial charge in [-0.15, -0.1) is 0 Å². The molecule has 0 amide bonds. The zero-order chi connectivity index (χ0) is 14.5. The second-order valence-corrected chi connectivity index (χ2v) is 9.48. The Hall–Kier alpha value is -0.0800. The summed E-state index contributed by atoms with van der Waals surface area (Å²) in [4.78, 5) is 2.94. The minimum atomic E-state index is 0.464. The third kappa shape index (κ3) is 2.92. The highest BCUT2D eigenvalue weighted by molar-refractivity contribution is 5.01. The van der Waals surface area contributed by atoms with Crippen LogP contribution in [0.25, 0.3) is 0 Å². The number of nitrogens with zero attached hydrogens (tertiary/aromatic N) is 1. The smallest absolute Gasteiger partial charge is 0.0116 e. The molecule has 2 heterocycles. The van der Waals surface area contributed by atoms with Gasteiger partial charge in [0.25, 0.3) is 0 Å². The molecular formula is C18H34N2. The summed E-state index contributed by atoms with van der Waals surface area (Å²) in [5, 5.41) is 0. The molecule has 2 atom stereocenters. The Balaban J connectivity index is 1.81. The van der Waals surface area contributed by atoms with Crippen molar-refractivity contribution < 1.29 is 0 Å². The van der Waals surface area contributed by atoms with E-state index in [4.69, 9.17) is 5.73 Å². The molecule has 20 heavy (non-hydrogen) atoms. The van der Waals surface area contributed by atoms with Crippen molar-refractivity contribution in [3.63, 3.8) is 0 Å². The van der Waals surface area contributed by atoms with E-state index in [1.165, 1.54) is 51.4 Å². The lowest BCUT2D eigenvalue weighted by atomic mass is 9.62. The SMILES string of the molecule is CC1(C)CC(N2C3CCCC2CC(N)C3)CC(C)(C)C1. The predicted molar refractivity (Wildman–Crippen MR) is 85.7 cm³/mol. The highest BCUT2D eigenvalue weighted by Gasteiger charge is 2.46. The fourth-order valence-corrected chi connectivity index (χ4v) is 6.05. The van der Waals surface area contributed by atoms with Gasteiger partial charge in [-0.2, -0.15) is 0 Å². The lowest BCUT2D eigenvalue weighted by Gasteiger charge is -2.56. The van der Waals surface area contributed by atoms with Crippen molar-refractivity contribution in [2.75, 3.05) is 0 Å². The molecule has 2 nitrogen and oxygen atoms in total. The Morgan fingerprint density at radius 3 is 1.85 bits per heavy atom. The summed E-state index contributed by atoms with van der Waals surface area (Å²) >= 11 is 0. The van der Waals surface area contributed by atoms with Crippen LogP contribution in [0.15, 0.2) is 0 Å². The van der Waals surface area contributed by atoms with Gasteiger partial charge in [-0.25, -0.2) is 0 Å². The van der Waals surface area contributed by atoms with Gasteiger partial charge in [0.05, 0.1) is 0 Å². The van der Waals surface area contributed by atoms with Crippen LogP contribution in [0.1, 0.15) is 79.1 Å². The topological polar surface area (TPSA) is 29.3 Å². The standard InChI is InChI=1S/C18H34N2/c1-17(2)10-16(11-18(3,4)12-17)20-14-6-5-7-15(20)9-13(19)8-14/h13-16H,5-12,19H2,1-4H3. The molecule has 3 fully saturated rings. The molecule has 0 radical (unpaired) electrons. The van der Waals surface area contributed by atoms with E-state index in [0.29, 0.717) is 16.9 Å². The summed E-state index contributed by atoms with van der Waals surface area (Å²) < 4.78 is 0. The zero-order valence-electron chi connectivity index (χ0n) is 14.0. The third-order valence-corrected chi connectivity index (χ3v) is 6.02. The maximum absolute atomic E-state index is 6.30. The molecule has 1 aliphatic carbocycles. The molecule has 2 unspecified atom stereocenters. The first-order chi connectivity index (χ1) is 9.26. The Labute approximate surface area is 125 Å². The fourth-order valence-electron chi connectivity index (χ4n) is 6.05. The molecule has 2 N–H and O–H groups in total. The first-order valence-electron chi connectivity index (χ1n) is 8.79. The summed E-state index contributed by atoms with van der Waals surface area (Å²) in [6, 6.07) is 2.84. The summed E-state index contributed by atoms with van der Waals surface area (Å²) in [6.07, 6.45) is 10.8. The first kappa shape index (κ1) is 14.8. The van der Waals surface area contributed by atoms with Crippen LogP contribution in [-0.4, -0.2) is 29.1 Å². The van der Waals surface area contributed by atoms with Crippen LogP contribution >= 0.6 is 0 Å². The second kappa shape index (κ2) is 4.98. The maximum atomic E-state index is 6.30. The van der Waals surface area contributed by atoms with Crippen molar-refractivity contribution in [3.05, 3.63) is 0 Å². The fraction of sp³-hybridized carbons (Fsp3) is 1.00. The zero-order valence-corrected chi connectivity index (χ0v) is 14.0. The van der Waals surface area contributed by atoms with Crippen molar-refractivity contribution in [1.29, 1.82) is 0 Å². The van der Waals surface area contributed by atoms with Crippen molar-refractivity contribution >= 4 is 0 Å². The lowest BCUT2D eigenvalue weighted by Crippen LogP contribution is -2.61. The number of nitrogens with two attached hydrogens (primary N) is 1. The Morgan fingerprint density at radius 2 is 1.35 bits per heavy atom. The number of piperidine rings is 2. The van der Waals surface area contributed by atoms with Crippen molar-refractivity contribution in [3.8, 4) is 0 Å². The molecule has 2 bridgehead atoms. The molecule has 0 aromatic carbocycles. The van der Waals surface area contributed by atoms with Gasteiger partial charge in [-0.05, 0) is 55.8 Å². The third-order valence-electron chi connectivity index (χ3n) is 6.02. The van der Waals surface area contributed by atoms with Crippen LogP contribution in [0.5, 0.6) is 0 Å². The molecule has 1 saturated carbocycles. The molecule has 2 heteroatoms. The molecule has 3 aliphatic rings. The van der Waals surface area contributed by atoms with E-state index in [1.54, 1.807) is 0 Å². The number of hydrogen-bond donors (Lipinski definition) is 1. The minimum Gasteiger partial charge on any atom is -0.328 e. The van der Waals surface area contributed by atoms with Crippen LogP contribution in [-0.2, 0) is 0 Å². The molecule has 3 rings (SSSR count). The highest BCUT2D eigenvalue weighted by atomic mass is 15.2. The maximum Gasteiger partial charge on any atom is 0.0116 e. The van der Waals surface area contributed by atoms with Crippen molar-refractivity contribution in [1.82, 2.24) is 4.90 Å². The van der Waals surface area contributed by atoms with Gasteiger partial charge in [0.15, 0.2) is 0 Å². The summed E-state index contributed by atoms with van der Waals surface area (Å²) in [5.74, 6) is 0. The summed E-state index contributed by atoms with van der Waals surface area (Å²) in [5.41, 5.74) is 7.30. The van der Waals surface area contributed by atoms with Crippen molar-refractivity contribution in [2.45, 2.75) is 103 Å². The molecule has 2 aliphatic heterocycles. The van der Waals surface area contributed by atoms with Gasteiger partial charge in [-0.1, -0.05) is 34.1 Å². The largest absolute Gasteiger partial charge is 0.328 e. The molecule has 2 saturated heterocycles. The summed E-state index contributed by atoms with van der Waals surface area (Å²) in [7, 11) is 0. The normalized spacial score (nSPS) is 41.5. The van der Waals surface area contributed by atoms with Gasteiger partial charge in [-0.3, -0.25) is 4.90 Å². The average Bonchev–Trinajstić information content (AvgIpc) is 2.22. The molecule has 0 aromatic heterocycles. The van der Waals surface area contributed by atoms with E-state index in [0.717, 1.165) is 18.1 Å². The lowest BCUT2D eigenvalue weighted by molar-refractivity contribution is -0.0595. The summed E-state index contributed by atoms with van der Waals surface area (Å²) in [6.45, 7) is 9.91. The van der Waals surface area contributed by atoms with Crippen LogP contribution < -0.4 is 5.73 Å². The van der Waals surface area contributed by atoms with E-state index in [-0.39, 0.29) is 0 Å². The predicted octanol–water partition coefficient (Wildman–Crippen LogP) is 3.94. The van der Waals surface area contributed by atoms with Crippen LogP contribution in [0.3, 0.4) is 0 Å². The Morgan fingerprint density at radius 1 is 0.850 bits per heavy atom. The van der Waals surface area contributed by atoms with Gasteiger partial charge in [0.1, 0.15) is 0 Å². The average molecular weight is 278 g/mol. The van der Waals surface area contributed by atoms with E-state index in [1.807, 2.05) is 0 Å². The van der Waals surface area contributed by atoms with Gasteiger partial charge < -0.3 is 5.73 Å². The van der Waals surface area contributed by atoms with Crippen molar-refractivity contribution in [2.24, 2.45) is 16.6 Å².